The first-order valence-corrected chi connectivity index (χ1v) is 9.34. The second kappa shape index (κ2) is 6.96. The van der Waals surface area contributed by atoms with Crippen molar-refractivity contribution >= 4 is 10.2 Å². The van der Waals surface area contributed by atoms with Gasteiger partial charge in [-0.05, 0) is 25.2 Å². The maximum absolute atomic E-state index is 12.1. The first kappa shape index (κ1) is 17.0. The molecule has 0 saturated carbocycles. The van der Waals surface area contributed by atoms with Gasteiger partial charge in [0.05, 0.1) is 23.8 Å². The molecule has 2 aromatic heterocycles. The molecule has 130 valence electrons. The Morgan fingerprint density at radius 3 is 2.50 bits per heavy atom. The number of nitrogens with one attached hydrogen (secondary N) is 1. The largest absolute Gasteiger partial charge is 0.285 e. The maximum atomic E-state index is 12.1. The molecule has 2 aromatic rings. The van der Waals surface area contributed by atoms with Gasteiger partial charge in [0.2, 0.25) is 0 Å². The zero-order chi connectivity index (χ0) is 17.2. The standard InChI is InChI=1S/C15H22N6O2S/c1-20(2)24(22,23)21-5-3-12(4-6-21)7-14-10-17-15(11-16-14)13-8-18-19-9-13/h8-12H,3-7H2,1-2H3,(H,18,19). The molecule has 0 amide bonds. The molecule has 0 unspecified atom stereocenters. The summed E-state index contributed by atoms with van der Waals surface area (Å²) >= 11 is 0. The summed E-state index contributed by atoms with van der Waals surface area (Å²) in [4.78, 5) is 8.91. The Balaban J connectivity index is 1.57. The van der Waals surface area contributed by atoms with E-state index in [2.05, 4.69) is 20.2 Å². The lowest BCUT2D eigenvalue weighted by Crippen LogP contribution is -2.44. The number of rotatable bonds is 5. The summed E-state index contributed by atoms with van der Waals surface area (Å²) in [5.41, 5.74) is 2.65. The van der Waals surface area contributed by atoms with E-state index in [4.69, 9.17) is 0 Å². The molecule has 1 fully saturated rings. The molecule has 3 rings (SSSR count). The lowest BCUT2D eigenvalue weighted by molar-refractivity contribution is 0.261. The van der Waals surface area contributed by atoms with Gasteiger partial charge in [0.15, 0.2) is 0 Å². The van der Waals surface area contributed by atoms with E-state index in [1.165, 1.54) is 4.31 Å². The first-order chi connectivity index (χ1) is 11.5. The molecule has 1 saturated heterocycles. The Labute approximate surface area is 142 Å². The van der Waals surface area contributed by atoms with E-state index >= 15 is 0 Å². The summed E-state index contributed by atoms with van der Waals surface area (Å²) in [6.07, 6.45) is 9.57. The fourth-order valence-electron chi connectivity index (χ4n) is 2.87. The quantitative estimate of drug-likeness (QED) is 0.865. The number of aromatic nitrogens is 4. The van der Waals surface area contributed by atoms with Crippen LogP contribution in [0.1, 0.15) is 18.5 Å². The summed E-state index contributed by atoms with van der Waals surface area (Å²) in [6.45, 7) is 1.12. The lowest BCUT2D eigenvalue weighted by atomic mass is 9.93. The van der Waals surface area contributed by atoms with Gasteiger partial charge in [-0.1, -0.05) is 0 Å². The average Bonchev–Trinajstić information content (AvgIpc) is 3.10. The Hall–Kier alpha value is -1.84. The predicted octanol–water partition coefficient (Wildman–Crippen LogP) is 0.928. The third kappa shape index (κ3) is 3.63. The maximum Gasteiger partial charge on any atom is 0.281 e. The van der Waals surface area contributed by atoms with Gasteiger partial charge >= 0.3 is 0 Å². The minimum absolute atomic E-state index is 0.438. The molecular weight excluding hydrogens is 328 g/mol. The lowest BCUT2D eigenvalue weighted by Gasteiger charge is -2.32. The molecule has 1 N–H and O–H groups in total. The van der Waals surface area contributed by atoms with Crippen LogP contribution in [0.3, 0.4) is 0 Å². The van der Waals surface area contributed by atoms with E-state index < -0.39 is 10.2 Å². The Morgan fingerprint density at radius 1 is 1.21 bits per heavy atom. The van der Waals surface area contributed by atoms with Gasteiger partial charge in [0, 0.05) is 45.1 Å². The fraction of sp³-hybridized carbons (Fsp3) is 0.533. The molecule has 0 spiro atoms. The smallest absolute Gasteiger partial charge is 0.281 e. The molecule has 9 heteroatoms. The van der Waals surface area contributed by atoms with Crippen molar-refractivity contribution in [3.63, 3.8) is 0 Å². The molecular formula is C15H22N6O2S. The van der Waals surface area contributed by atoms with Crippen molar-refractivity contribution in [3.05, 3.63) is 30.5 Å². The minimum atomic E-state index is -3.30. The number of aromatic amines is 1. The first-order valence-electron chi connectivity index (χ1n) is 7.94. The van der Waals surface area contributed by atoms with Gasteiger partial charge in [-0.15, -0.1) is 0 Å². The average molecular weight is 350 g/mol. The zero-order valence-corrected chi connectivity index (χ0v) is 14.7. The Morgan fingerprint density at radius 2 is 1.96 bits per heavy atom. The van der Waals surface area contributed by atoms with Crippen LogP contribution < -0.4 is 0 Å². The number of nitrogens with zero attached hydrogens (tertiary/aromatic N) is 5. The van der Waals surface area contributed by atoms with Crippen molar-refractivity contribution < 1.29 is 8.42 Å². The topological polar surface area (TPSA) is 95.1 Å². The van der Waals surface area contributed by atoms with Crippen LogP contribution in [0, 0.1) is 5.92 Å². The molecule has 0 bridgehead atoms. The summed E-state index contributed by atoms with van der Waals surface area (Å²) in [7, 11) is -0.161. The number of piperidine rings is 1. The molecule has 8 nitrogen and oxygen atoms in total. The van der Waals surface area contributed by atoms with Gasteiger partial charge < -0.3 is 0 Å². The van der Waals surface area contributed by atoms with Crippen molar-refractivity contribution in [2.45, 2.75) is 19.3 Å². The molecule has 0 aromatic carbocycles. The number of hydrogen-bond acceptors (Lipinski definition) is 5. The predicted molar refractivity (Wildman–Crippen MR) is 90.2 cm³/mol. The van der Waals surface area contributed by atoms with Crippen LogP contribution in [0.4, 0.5) is 0 Å². The molecule has 1 aliphatic rings. The highest BCUT2D eigenvalue weighted by Gasteiger charge is 2.29. The van der Waals surface area contributed by atoms with Crippen LogP contribution in [0.5, 0.6) is 0 Å². The third-order valence-corrected chi connectivity index (χ3v) is 6.30. The summed E-state index contributed by atoms with van der Waals surface area (Å²) in [5.74, 6) is 0.438. The van der Waals surface area contributed by atoms with Crippen molar-refractivity contribution in [1.29, 1.82) is 0 Å². The third-order valence-electron chi connectivity index (χ3n) is 4.36. The highest BCUT2D eigenvalue weighted by atomic mass is 32.2. The van der Waals surface area contributed by atoms with Crippen LogP contribution in [0.2, 0.25) is 0 Å². The molecule has 3 heterocycles. The van der Waals surface area contributed by atoms with Crippen molar-refractivity contribution in [1.82, 2.24) is 28.8 Å². The zero-order valence-electron chi connectivity index (χ0n) is 13.9. The molecule has 0 radical (unpaired) electrons. The normalized spacial score (nSPS) is 17.5. The Bertz CT molecular complexity index is 750. The van der Waals surface area contributed by atoms with Crippen LogP contribution in [-0.2, 0) is 16.6 Å². The van der Waals surface area contributed by atoms with Crippen molar-refractivity contribution in [2.75, 3.05) is 27.2 Å². The van der Waals surface area contributed by atoms with Gasteiger partial charge in [-0.3, -0.25) is 15.1 Å². The minimum Gasteiger partial charge on any atom is -0.285 e. The summed E-state index contributed by atoms with van der Waals surface area (Å²) in [6, 6.07) is 0. The van der Waals surface area contributed by atoms with Crippen molar-refractivity contribution in [3.8, 4) is 11.3 Å². The van der Waals surface area contributed by atoms with Gasteiger partial charge in [-0.25, -0.2) is 0 Å². The van der Waals surface area contributed by atoms with Gasteiger partial charge in [0.25, 0.3) is 10.2 Å². The van der Waals surface area contributed by atoms with Crippen molar-refractivity contribution in [2.24, 2.45) is 5.92 Å². The number of hydrogen-bond donors (Lipinski definition) is 1. The van der Waals surface area contributed by atoms with E-state index in [0.717, 1.165) is 36.2 Å². The highest BCUT2D eigenvalue weighted by Crippen LogP contribution is 2.23. The highest BCUT2D eigenvalue weighted by molar-refractivity contribution is 7.86. The monoisotopic (exact) mass is 350 g/mol. The molecule has 24 heavy (non-hydrogen) atoms. The van der Waals surface area contributed by atoms with Crippen LogP contribution in [0.15, 0.2) is 24.8 Å². The SMILES string of the molecule is CN(C)S(=O)(=O)N1CCC(Cc2cnc(-c3cn[nH]c3)cn2)CC1. The summed E-state index contributed by atoms with van der Waals surface area (Å²) in [5, 5.41) is 6.66. The van der Waals surface area contributed by atoms with E-state index in [1.54, 1.807) is 43.2 Å². The number of H-pyrrole nitrogens is 1. The molecule has 0 atom stereocenters. The Kier molecular flexibility index (Phi) is 4.93. The molecule has 0 aliphatic carbocycles. The van der Waals surface area contributed by atoms with E-state index in [0.29, 0.717) is 19.0 Å². The van der Waals surface area contributed by atoms with E-state index in [-0.39, 0.29) is 0 Å². The van der Waals surface area contributed by atoms with Crippen LogP contribution in [0.25, 0.3) is 11.3 Å². The van der Waals surface area contributed by atoms with Crippen LogP contribution in [-0.4, -0.2) is 64.4 Å². The van der Waals surface area contributed by atoms with E-state index in [9.17, 15) is 8.42 Å². The van der Waals surface area contributed by atoms with E-state index in [1.807, 2.05) is 0 Å². The second-order valence-electron chi connectivity index (χ2n) is 6.22. The summed E-state index contributed by atoms with van der Waals surface area (Å²) < 4.78 is 27.1. The molecule has 1 aliphatic heterocycles. The second-order valence-corrected chi connectivity index (χ2v) is 8.36. The van der Waals surface area contributed by atoms with Gasteiger partial charge in [0.1, 0.15) is 0 Å². The van der Waals surface area contributed by atoms with Crippen LogP contribution >= 0.6 is 0 Å². The fourth-order valence-corrected chi connectivity index (χ4v) is 4.01. The van der Waals surface area contributed by atoms with Gasteiger partial charge in [-0.2, -0.15) is 22.1 Å².